The lowest BCUT2D eigenvalue weighted by molar-refractivity contribution is -0.115. The first kappa shape index (κ1) is 17.5. The van der Waals surface area contributed by atoms with Crippen LogP contribution in [0.15, 0.2) is 59.1 Å². The van der Waals surface area contributed by atoms with Gasteiger partial charge >= 0.3 is 0 Å². The molecule has 0 spiro atoms. The third-order valence-corrected chi connectivity index (χ3v) is 5.12. The fourth-order valence-corrected chi connectivity index (χ4v) is 3.52. The summed E-state index contributed by atoms with van der Waals surface area (Å²) in [6.07, 6.45) is 0.253. The van der Waals surface area contributed by atoms with Crippen LogP contribution >= 0.6 is 27.3 Å². The van der Waals surface area contributed by atoms with Gasteiger partial charge < -0.3 is 5.32 Å². The Morgan fingerprint density at radius 3 is 2.40 bits per heavy atom. The molecule has 0 saturated carbocycles. The molecule has 0 unspecified atom stereocenters. The fraction of sp³-hybridized carbons (Fsp3) is 0.105. The summed E-state index contributed by atoms with van der Waals surface area (Å²) in [5.41, 5.74) is 2.38. The molecule has 0 aliphatic rings. The molecule has 25 heavy (non-hydrogen) atoms. The van der Waals surface area contributed by atoms with Gasteiger partial charge in [-0.3, -0.25) is 9.59 Å². The highest BCUT2D eigenvalue weighted by molar-refractivity contribution is 9.10. The number of aromatic nitrogens is 1. The van der Waals surface area contributed by atoms with Crippen LogP contribution in [0.2, 0.25) is 0 Å². The van der Waals surface area contributed by atoms with Gasteiger partial charge in [0.15, 0.2) is 10.9 Å². The Balaban J connectivity index is 1.79. The summed E-state index contributed by atoms with van der Waals surface area (Å²) < 4.78 is 0.968. The molecule has 0 radical (unpaired) electrons. The predicted molar refractivity (Wildman–Crippen MR) is 104 cm³/mol. The zero-order valence-corrected chi connectivity index (χ0v) is 15.9. The molecule has 1 amide bonds. The number of benzene rings is 2. The minimum atomic E-state index is -0.161. The molecule has 6 heteroatoms. The van der Waals surface area contributed by atoms with Gasteiger partial charge in [-0.2, -0.15) is 0 Å². The van der Waals surface area contributed by atoms with E-state index in [1.165, 1.54) is 18.3 Å². The van der Waals surface area contributed by atoms with Crippen molar-refractivity contribution in [3.63, 3.8) is 0 Å². The van der Waals surface area contributed by atoms with Gasteiger partial charge in [-0.25, -0.2) is 4.98 Å². The molecule has 0 saturated heterocycles. The molecular weight excluding hydrogens is 400 g/mol. The number of carbonyl (C=O) groups is 2. The Bertz CT molecular complexity index is 905. The standard InChI is InChI=1S/C19H15BrN2O2S/c1-12(23)18-17(14-5-3-2-4-6-14)22-19(25-18)21-16(24)11-13-7-9-15(20)10-8-13/h2-10H,11H2,1H3,(H,21,22,24). The van der Waals surface area contributed by atoms with Gasteiger partial charge in [0.05, 0.1) is 17.0 Å². The molecule has 0 aliphatic heterocycles. The maximum atomic E-state index is 12.3. The molecule has 126 valence electrons. The highest BCUT2D eigenvalue weighted by Gasteiger charge is 2.17. The molecule has 2 aromatic carbocycles. The van der Waals surface area contributed by atoms with Crippen molar-refractivity contribution in [2.24, 2.45) is 0 Å². The van der Waals surface area contributed by atoms with E-state index in [9.17, 15) is 9.59 Å². The second-order valence-electron chi connectivity index (χ2n) is 5.47. The molecule has 1 heterocycles. The average molecular weight is 415 g/mol. The van der Waals surface area contributed by atoms with Gasteiger partial charge in [0.1, 0.15) is 0 Å². The van der Waals surface area contributed by atoms with Crippen molar-refractivity contribution in [2.45, 2.75) is 13.3 Å². The van der Waals surface area contributed by atoms with Crippen molar-refractivity contribution in [1.29, 1.82) is 0 Å². The summed E-state index contributed by atoms with van der Waals surface area (Å²) >= 11 is 4.57. The van der Waals surface area contributed by atoms with E-state index in [1.54, 1.807) is 0 Å². The van der Waals surface area contributed by atoms with Gasteiger partial charge in [-0.1, -0.05) is 69.7 Å². The van der Waals surface area contributed by atoms with Gasteiger partial charge in [-0.05, 0) is 17.7 Å². The molecular formula is C19H15BrN2O2S. The number of rotatable bonds is 5. The molecule has 1 N–H and O–H groups in total. The SMILES string of the molecule is CC(=O)c1sc(NC(=O)Cc2ccc(Br)cc2)nc1-c1ccccc1. The zero-order chi connectivity index (χ0) is 17.8. The van der Waals surface area contributed by atoms with Crippen molar-refractivity contribution >= 4 is 44.1 Å². The van der Waals surface area contributed by atoms with Crippen molar-refractivity contribution in [2.75, 3.05) is 5.32 Å². The number of nitrogens with one attached hydrogen (secondary N) is 1. The van der Waals surface area contributed by atoms with Crippen LogP contribution in [0.4, 0.5) is 5.13 Å². The number of nitrogens with zero attached hydrogens (tertiary/aromatic N) is 1. The minimum Gasteiger partial charge on any atom is -0.302 e. The normalized spacial score (nSPS) is 10.5. The van der Waals surface area contributed by atoms with Crippen LogP contribution in [0, 0.1) is 0 Å². The first-order valence-electron chi connectivity index (χ1n) is 7.64. The topological polar surface area (TPSA) is 59.1 Å². The van der Waals surface area contributed by atoms with E-state index >= 15 is 0 Å². The number of halogens is 1. The quantitative estimate of drug-likeness (QED) is 0.600. The van der Waals surface area contributed by atoms with Crippen LogP contribution in [0.1, 0.15) is 22.2 Å². The summed E-state index contributed by atoms with van der Waals surface area (Å²) in [4.78, 5) is 29.2. The molecule has 0 bridgehead atoms. The van der Waals surface area contributed by atoms with Gasteiger partial charge in [0, 0.05) is 17.0 Å². The highest BCUT2D eigenvalue weighted by Crippen LogP contribution is 2.31. The van der Waals surface area contributed by atoms with Gasteiger partial charge in [-0.15, -0.1) is 0 Å². The average Bonchev–Trinajstić information content (AvgIpc) is 3.02. The van der Waals surface area contributed by atoms with Crippen LogP contribution in [0.5, 0.6) is 0 Å². The summed E-state index contributed by atoms with van der Waals surface area (Å²) in [7, 11) is 0. The van der Waals surface area contributed by atoms with Gasteiger partial charge in [0.2, 0.25) is 5.91 Å². The van der Waals surface area contributed by atoms with E-state index in [1.807, 2.05) is 54.6 Å². The Morgan fingerprint density at radius 2 is 1.76 bits per heavy atom. The molecule has 3 aromatic rings. The Labute approximate surface area is 158 Å². The lowest BCUT2D eigenvalue weighted by Crippen LogP contribution is -2.14. The van der Waals surface area contributed by atoms with Crippen LogP contribution in [-0.2, 0) is 11.2 Å². The van der Waals surface area contributed by atoms with Crippen LogP contribution in [-0.4, -0.2) is 16.7 Å². The number of carbonyl (C=O) groups excluding carboxylic acids is 2. The van der Waals surface area contributed by atoms with Crippen LogP contribution in [0.25, 0.3) is 11.3 Å². The number of ketones is 1. The largest absolute Gasteiger partial charge is 0.302 e. The molecule has 0 atom stereocenters. The minimum absolute atomic E-state index is 0.0650. The lowest BCUT2D eigenvalue weighted by Gasteiger charge is -2.02. The van der Waals surface area contributed by atoms with E-state index in [4.69, 9.17) is 0 Å². The first-order chi connectivity index (χ1) is 12.0. The summed E-state index contributed by atoms with van der Waals surface area (Å²) in [5, 5.41) is 3.23. The molecule has 4 nitrogen and oxygen atoms in total. The molecule has 0 fully saturated rings. The summed E-state index contributed by atoms with van der Waals surface area (Å²) in [6, 6.07) is 17.1. The van der Waals surface area contributed by atoms with E-state index in [-0.39, 0.29) is 18.1 Å². The van der Waals surface area contributed by atoms with E-state index in [0.717, 1.165) is 15.6 Å². The zero-order valence-electron chi connectivity index (χ0n) is 13.5. The second kappa shape index (κ2) is 7.72. The highest BCUT2D eigenvalue weighted by atomic mass is 79.9. The second-order valence-corrected chi connectivity index (χ2v) is 7.39. The lowest BCUT2D eigenvalue weighted by atomic mass is 10.1. The van der Waals surface area contributed by atoms with Crippen LogP contribution in [0.3, 0.4) is 0 Å². The van der Waals surface area contributed by atoms with E-state index in [2.05, 4.69) is 26.2 Å². The van der Waals surface area contributed by atoms with Crippen molar-refractivity contribution in [1.82, 2.24) is 4.98 Å². The van der Waals surface area contributed by atoms with E-state index < -0.39 is 0 Å². The molecule has 3 rings (SSSR count). The fourth-order valence-electron chi connectivity index (χ4n) is 2.36. The number of thiazole rings is 1. The maximum Gasteiger partial charge on any atom is 0.230 e. The number of hydrogen-bond donors (Lipinski definition) is 1. The summed E-state index contributed by atoms with van der Waals surface area (Å²) in [5.74, 6) is -0.226. The number of amides is 1. The third kappa shape index (κ3) is 4.41. The Hall–Kier alpha value is -2.31. The third-order valence-electron chi connectivity index (χ3n) is 3.52. The Kier molecular flexibility index (Phi) is 5.40. The molecule has 1 aromatic heterocycles. The van der Waals surface area contributed by atoms with Crippen molar-refractivity contribution in [3.8, 4) is 11.3 Å². The van der Waals surface area contributed by atoms with E-state index in [0.29, 0.717) is 15.7 Å². The van der Waals surface area contributed by atoms with Crippen molar-refractivity contribution in [3.05, 3.63) is 69.5 Å². The molecule has 0 aliphatic carbocycles. The number of hydrogen-bond acceptors (Lipinski definition) is 4. The first-order valence-corrected chi connectivity index (χ1v) is 9.25. The summed E-state index contributed by atoms with van der Waals surface area (Å²) in [6.45, 7) is 1.51. The van der Waals surface area contributed by atoms with Gasteiger partial charge in [0.25, 0.3) is 0 Å². The monoisotopic (exact) mass is 414 g/mol. The Morgan fingerprint density at radius 1 is 1.08 bits per heavy atom. The smallest absolute Gasteiger partial charge is 0.230 e. The number of anilines is 1. The van der Waals surface area contributed by atoms with Crippen LogP contribution < -0.4 is 5.32 Å². The number of Topliss-reactive ketones (excluding diaryl/α,β-unsaturated/α-hetero) is 1. The van der Waals surface area contributed by atoms with Crippen molar-refractivity contribution < 1.29 is 9.59 Å². The predicted octanol–water partition coefficient (Wildman–Crippen LogP) is 4.96. The maximum absolute atomic E-state index is 12.3.